The number of nitrogens with zero attached hydrogens (tertiary/aromatic N) is 2. The van der Waals surface area contributed by atoms with Crippen LogP contribution in [-0.4, -0.2) is 28.7 Å². The van der Waals surface area contributed by atoms with Crippen molar-refractivity contribution in [1.82, 2.24) is 9.97 Å². The lowest BCUT2D eigenvalue weighted by molar-refractivity contribution is -0.154. The Morgan fingerprint density at radius 2 is 1.95 bits per heavy atom. The first kappa shape index (κ1) is 16.0. The van der Waals surface area contributed by atoms with Crippen LogP contribution in [0.4, 0.5) is 19.0 Å². The monoisotopic (exact) mass is 331 g/mol. The normalized spacial score (nSPS) is 11.1. The Morgan fingerprint density at radius 3 is 2.50 bits per heavy atom. The number of hydrogen-bond donors (Lipinski definition) is 1. The van der Waals surface area contributed by atoms with Crippen molar-refractivity contribution in [2.24, 2.45) is 0 Å². The molecule has 9 heteroatoms. The molecule has 2 heterocycles. The molecule has 0 radical (unpaired) electrons. The van der Waals surface area contributed by atoms with E-state index in [-0.39, 0.29) is 17.3 Å². The van der Waals surface area contributed by atoms with E-state index in [1.54, 1.807) is 6.07 Å². The number of ether oxygens (including phenoxy) is 1. The van der Waals surface area contributed by atoms with Crippen LogP contribution in [0.1, 0.15) is 10.4 Å². The Kier molecular flexibility index (Phi) is 4.81. The third-order valence-corrected chi connectivity index (χ3v) is 2.57. The van der Waals surface area contributed by atoms with Gasteiger partial charge in [-0.1, -0.05) is 11.6 Å². The van der Waals surface area contributed by atoms with E-state index in [2.05, 4.69) is 20.0 Å². The van der Waals surface area contributed by atoms with Crippen LogP contribution in [0.25, 0.3) is 0 Å². The fraction of sp³-hybridized carbons (Fsp3) is 0.154. The molecule has 0 aromatic carbocycles. The Bertz CT molecular complexity index is 645. The zero-order valence-corrected chi connectivity index (χ0v) is 11.6. The van der Waals surface area contributed by atoms with E-state index in [1.165, 1.54) is 24.4 Å². The van der Waals surface area contributed by atoms with E-state index in [0.717, 1.165) is 6.20 Å². The lowest BCUT2D eigenvalue weighted by atomic mass is 10.2. The molecule has 22 heavy (non-hydrogen) atoms. The largest absolute Gasteiger partial charge is 0.468 e. The second-order valence-corrected chi connectivity index (χ2v) is 4.54. The van der Waals surface area contributed by atoms with Crippen LogP contribution in [0.2, 0.25) is 5.02 Å². The molecule has 2 aromatic heterocycles. The number of amides is 1. The van der Waals surface area contributed by atoms with Crippen LogP contribution in [0.3, 0.4) is 0 Å². The maximum Gasteiger partial charge on any atom is 0.422 e. The fourth-order valence-corrected chi connectivity index (χ4v) is 1.51. The molecular weight excluding hydrogens is 323 g/mol. The van der Waals surface area contributed by atoms with Gasteiger partial charge in [0, 0.05) is 18.5 Å². The number of halogens is 4. The van der Waals surface area contributed by atoms with Crippen LogP contribution in [0.15, 0.2) is 36.7 Å². The Balaban J connectivity index is 1.97. The number of aromatic nitrogens is 2. The zero-order chi connectivity index (χ0) is 16.2. The SMILES string of the molecule is O=C(Nc1ccc(Cl)cn1)c1ccc(OCC(F)(F)F)nc1. The predicted molar refractivity (Wildman–Crippen MR) is 73.0 cm³/mol. The van der Waals surface area contributed by atoms with Gasteiger partial charge in [-0.05, 0) is 18.2 Å². The minimum absolute atomic E-state index is 0.149. The summed E-state index contributed by atoms with van der Waals surface area (Å²) < 4.78 is 40.4. The first-order chi connectivity index (χ1) is 10.3. The number of alkyl halides is 3. The van der Waals surface area contributed by atoms with Crippen LogP contribution in [-0.2, 0) is 0 Å². The highest BCUT2D eigenvalue weighted by atomic mass is 35.5. The fourth-order valence-electron chi connectivity index (χ4n) is 1.39. The third-order valence-electron chi connectivity index (χ3n) is 2.35. The third kappa shape index (κ3) is 4.88. The average molecular weight is 332 g/mol. The molecule has 5 nitrogen and oxygen atoms in total. The number of carbonyl (C=O) groups is 1. The molecule has 0 unspecified atom stereocenters. The molecule has 1 amide bonds. The summed E-state index contributed by atoms with van der Waals surface area (Å²) in [6.07, 6.45) is -1.97. The summed E-state index contributed by atoms with van der Waals surface area (Å²) in [7, 11) is 0. The molecule has 0 aliphatic heterocycles. The molecule has 2 aromatic rings. The van der Waals surface area contributed by atoms with E-state index in [1.807, 2.05) is 0 Å². The lowest BCUT2D eigenvalue weighted by Crippen LogP contribution is -2.19. The van der Waals surface area contributed by atoms with Gasteiger partial charge in [0.1, 0.15) is 5.82 Å². The van der Waals surface area contributed by atoms with Gasteiger partial charge < -0.3 is 10.1 Å². The zero-order valence-electron chi connectivity index (χ0n) is 10.9. The van der Waals surface area contributed by atoms with Crippen molar-refractivity contribution >= 4 is 23.3 Å². The second-order valence-electron chi connectivity index (χ2n) is 4.10. The highest BCUT2D eigenvalue weighted by molar-refractivity contribution is 6.30. The standard InChI is InChI=1S/C13H9ClF3N3O2/c14-9-2-3-10(18-6-9)20-12(21)8-1-4-11(19-5-8)22-7-13(15,16)17/h1-6H,7H2,(H,18,20,21). The number of rotatable bonds is 4. The highest BCUT2D eigenvalue weighted by Gasteiger charge is 2.28. The summed E-state index contributed by atoms with van der Waals surface area (Å²) in [5.41, 5.74) is 0.149. The van der Waals surface area contributed by atoms with Crippen LogP contribution in [0.5, 0.6) is 5.88 Å². The minimum atomic E-state index is -4.45. The van der Waals surface area contributed by atoms with E-state index >= 15 is 0 Å². The van der Waals surface area contributed by atoms with Gasteiger partial charge in [-0.2, -0.15) is 13.2 Å². The van der Waals surface area contributed by atoms with Gasteiger partial charge in [-0.3, -0.25) is 4.79 Å². The molecular formula is C13H9ClF3N3O2. The molecule has 116 valence electrons. The minimum Gasteiger partial charge on any atom is -0.468 e. The summed E-state index contributed by atoms with van der Waals surface area (Å²) in [5.74, 6) is -0.449. The van der Waals surface area contributed by atoms with Crippen molar-refractivity contribution in [1.29, 1.82) is 0 Å². The predicted octanol–water partition coefficient (Wildman–Crippen LogP) is 3.32. The molecule has 0 atom stereocenters. The van der Waals surface area contributed by atoms with Gasteiger partial charge >= 0.3 is 6.18 Å². The van der Waals surface area contributed by atoms with E-state index in [0.29, 0.717) is 5.02 Å². The average Bonchev–Trinajstić information content (AvgIpc) is 2.47. The molecule has 0 saturated carbocycles. The van der Waals surface area contributed by atoms with Gasteiger partial charge in [0.05, 0.1) is 10.6 Å². The molecule has 0 saturated heterocycles. The molecule has 0 fully saturated rings. The summed E-state index contributed by atoms with van der Waals surface area (Å²) in [5, 5.41) is 2.91. The number of anilines is 1. The summed E-state index contributed by atoms with van der Waals surface area (Å²) in [6.45, 7) is -1.44. The second kappa shape index (κ2) is 6.61. The number of nitrogens with one attached hydrogen (secondary N) is 1. The molecule has 0 aliphatic rings. The molecule has 2 rings (SSSR count). The number of pyridine rings is 2. The Labute approximate surface area is 128 Å². The Hall–Kier alpha value is -2.35. The maximum atomic E-state index is 12.0. The summed E-state index contributed by atoms with van der Waals surface area (Å²) >= 11 is 5.67. The van der Waals surface area contributed by atoms with E-state index in [4.69, 9.17) is 11.6 Å². The smallest absolute Gasteiger partial charge is 0.422 e. The topological polar surface area (TPSA) is 64.1 Å². The number of carbonyl (C=O) groups excluding carboxylic acids is 1. The van der Waals surface area contributed by atoms with Crippen LogP contribution >= 0.6 is 11.6 Å². The molecule has 1 N–H and O–H groups in total. The quantitative estimate of drug-likeness (QED) is 0.933. The van der Waals surface area contributed by atoms with Crippen molar-refractivity contribution < 1.29 is 22.7 Å². The van der Waals surface area contributed by atoms with E-state index in [9.17, 15) is 18.0 Å². The maximum absolute atomic E-state index is 12.0. The first-order valence-electron chi connectivity index (χ1n) is 5.92. The van der Waals surface area contributed by atoms with E-state index < -0.39 is 18.7 Å². The van der Waals surface area contributed by atoms with Gasteiger partial charge in [-0.25, -0.2) is 9.97 Å². The molecule has 0 spiro atoms. The summed E-state index contributed by atoms with van der Waals surface area (Å²) in [4.78, 5) is 19.4. The lowest BCUT2D eigenvalue weighted by Gasteiger charge is -2.08. The van der Waals surface area contributed by atoms with Crippen molar-refractivity contribution in [2.75, 3.05) is 11.9 Å². The van der Waals surface area contributed by atoms with Gasteiger partial charge in [0.2, 0.25) is 5.88 Å². The van der Waals surface area contributed by atoms with Gasteiger partial charge in [-0.15, -0.1) is 0 Å². The Morgan fingerprint density at radius 1 is 1.18 bits per heavy atom. The summed E-state index contributed by atoms with van der Waals surface area (Å²) in [6, 6.07) is 5.53. The number of hydrogen-bond acceptors (Lipinski definition) is 4. The van der Waals surface area contributed by atoms with Crippen LogP contribution in [0, 0.1) is 0 Å². The molecule has 0 bridgehead atoms. The van der Waals surface area contributed by atoms with Crippen LogP contribution < -0.4 is 10.1 Å². The van der Waals surface area contributed by atoms with Gasteiger partial charge in [0.25, 0.3) is 5.91 Å². The van der Waals surface area contributed by atoms with Gasteiger partial charge in [0.15, 0.2) is 6.61 Å². The highest BCUT2D eigenvalue weighted by Crippen LogP contribution is 2.17. The van der Waals surface area contributed by atoms with Crippen molar-refractivity contribution in [3.63, 3.8) is 0 Å². The van der Waals surface area contributed by atoms with Crippen molar-refractivity contribution in [3.8, 4) is 5.88 Å². The van der Waals surface area contributed by atoms with Crippen molar-refractivity contribution in [2.45, 2.75) is 6.18 Å². The van der Waals surface area contributed by atoms with Crippen molar-refractivity contribution in [3.05, 3.63) is 47.2 Å². The molecule has 0 aliphatic carbocycles. The first-order valence-corrected chi connectivity index (χ1v) is 6.30.